The van der Waals surface area contributed by atoms with Crippen LogP contribution in [0.5, 0.6) is 17.2 Å². The summed E-state index contributed by atoms with van der Waals surface area (Å²) in [4.78, 5) is 12.1. The normalized spacial score (nSPS) is 11.2. The number of phenolic OH excluding ortho intramolecular Hbond substituents is 3. The molecule has 0 spiro atoms. The van der Waals surface area contributed by atoms with Gasteiger partial charge in [-0.3, -0.25) is 4.79 Å². The number of carbonyl (C=O) groups is 1. The van der Waals surface area contributed by atoms with Crippen LogP contribution in [-0.2, 0) is 0 Å². The molecule has 0 bridgehead atoms. The SMILES string of the molecule is C/C(=N\NC(=O)c1cc(O)c(O)c(O)c1)c1ccc(-c2ccccc2)cc1. The van der Waals surface area contributed by atoms with Crippen molar-refractivity contribution in [3.05, 3.63) is 77.9 Å². The van der Waals surface area contributed by atoms with Crippen LogP contribution in [0.15, 0.2) is 71.8 Å². The number of hydrazone groups is 1. The molecule has 0 aliphatic heterocycles. The summed E-state index contributed by atoms with van der Waals surface area (Å²) < 4.78 is 0. The molecule has 0 aromatic heterocycles. The second-order valence-electron chi connectivity index (χ2n) is 5.94. The van der Waals surface area contributed by atoms with E-state index in [-0.39, 0.29) is 5.56 Å². The second kappa shape index (κ2) is 7.61. The van der Waals surface area contributed by atoms with Gasteiger partial charge in [0.25, 0.3) is 5.91 Å². The maximum Gasteiger partial charge on any atom is 0.271 e. The van der Waals surface area contributed by atoms with Crippen LogP contribution in [-0.4, -0.2) is 26.9 Å². The van der Waals surface area contributed by atoms with Crippen molar-refractivity contribution in [3.63, 3.8) is 0 Å². The van der Waals surface area contributed by atoms with E-state index in [2.05, 4.69) is 10.5 Å². The van der Waals surface area contributed by atoms with Crippen LogP contribution in [0.2, 0.25) is 0 Å². The van der Waals surface area contributed by atoms with Gasteiger partial charge < -0.3 is 15.3 Å². The quantitative estimate of drug-likeness (QED) is 0.323. The van der Waals surface area contributed by atoms with Crippen LogP contribution in [0, 0.1) is 0 Å². The number of nitrogens with zero attached hydrogens (tertiary/aromatic N) is 1. The zero-order valence-corrected chi connectivity index (χ0v) is 14.5. The van der Waals surface area contributed by atoms with Gasteiger partial charge in [0, 0.05) is 5.56 Å². The van der Waals surface area contributed by atoms with Crippen molar-refractivity contribution in [2.24, 2.45) is 5.10 Å². The molecule has 3 rings (SSSR count). The number of hydrogen-bond acceptors (Lipinski definition) is 5. The fourth-order valence-corrected chi connectivity index (χ4v) is 2.53. The maximum atomic E-state index is 12.1. The molecule has 3 aromatic carbocycles. The molecule has 1 amide bonds. The van der Waals surface area contributed by atoms with E-state index in [0.29, 0.717) is 5.71 Å². The topological polar surface area (TPSA) is 102 Å². The van der Waals surface area contributed by atoms with Gasteiger partial charge in [0.1, 0.15) is 0 Å². The molecule has 6 nitrogen and oxygen atoms in total. The molecule has 0 heterocycles. The molecule has 4 N–H and O–H groups in total. The number of phenols is 3. The Balaban J connectivity index is 1.73. The van der Waals surface area contributed by atoms with Gasteiger partial charge in [0.05, 0.1) is 5.71 Å². The number of rotatable bonds is 4. The first-order valence-corrected chi connectivity index (χ1v) is 8.21. The summed E-state index contributed by atoms with van der Waals surface area (Å²) in [6.07, 6.45) is 0. The third-order valence-corrected chi connectivity index (χ3v) is 4.07. The van der Waals surface area contributed by atoms with Crippen LogP contribution >= 0.6 is 0 Å². The lowest BCUT2D eigenvalue weighted by atomic mass is 10.0. The Morgan fingerprint density at radius 1 is 0.815 bits per heavy atom. The Labute approximate surface area is 156 Å². The van der Waals surface area contributed by atoms with Crippen molar-refractivity contribution in [3.8, 4) is 28.4 Å². The minimum absolute atomic E-state index is 0.0289. The standard InChI is InChI=1S/C21H18N2O4/c1-13(14-7-9-16(10-8-14)15-5-3-2-4-6-15)22-23-21(27)17-11-18(24)20(26)19(25)12-17/h2-12,24-26H,1H3,(H,23,27)/b22-13+. The van der Waals surface area contributed by atoms with Crippen molar-refractivity contribution in [1.82, 2.24) is 5.43 Å². The predicted octanol–water partition coefficient (Wildman–Crippen LogP) is 3.62. The number of nitrogens with one attached hydrogen (secondary N) is 1. The minimum atomic E-state index is -0.676. The average molecular weight is 362 g/mol. The molecule has 0 saturated heterocycles. The van der Waals surface area contributed by atoms with Gasteiger partial charge in [0.2, 0.25) is 0 Å². The highest BCUT2D eigenvalue weighted by atomic mass is 16.3. The number of hydrogen-bond donors (Lipinski definition) is 4. The summed E-state index contributed by atoms with van der Waals surface area (Å²) in [5.74, 6) is -2.47. The number of amides is 1. The smallest absolute Gasteiger partial charge is 0.271 e. The van der Waals surface area contributed by atoms with Gasteiger partial charge in [-0.2, -0.15) is 5.10 Å². The second-order valence-corrected chi connectivity index (χ2v) is 5.94. The first kappa shape index (κ1) is 18.0. The highest BCUT2D eigenvalue weighted by molar-refractivity contribution is 6.01. The lowest BCUT2D eigenvalue weighted by Crippen LogP contribution is -2.19. The largest absolute Gasteiger partial charge is 0.504 e. The van der Waals surface area contributed by atoms with Gasteiger partial charge in [-0.05, 0) is 35.7 Å². The minimum Gasteiger partial charge on any atom is -0.504 e. The van der Waals surface area contributed by atoms with E-state index in [4.69, 9.17) is 0 Å². The Bertz CT molecular complexity index is 973. The Morgan fingerprint density at radius 2 is 1.37 bits per heavy atom. The first-order chi connectivity index (χ1) is 13.0. The number of aromatic hydroxyl groups is 3. The molecular weight excluding hydrogens is 344 g/mol. The lowest BCUT2D eigenvalue weighted by Gasteiger charge is -2.07. The zero-order valence-electron chi connectivity index (χ0n) is 14.5. The maximum absolute atomic E-state index is 12.1. The van der Waals surface area contributed by atoms with Gasteiger partial charge >= 0.3 is 0 Å². The van der Waals surface area contributed by atoms with Crippen LogP contribution in [0.4, 0.5) is 0 Å². The summed E-state index contributed by atoms with van der Waals surface area (Å²) in [6.45, 7) is 1.75. The van der Waals surface area contributed by atoms with Gasteiger partial charge in [-0.25, -0.2) is 5.43 Å². The van der Waals surface area contributed by atoms with Crippen LogP contribution < -0.4 is 5.43 Å². The fraction of sp³-hybridized carbons (Fsp3) is 0.0476. The van der Waals surface area contributed by atoms with E-state index in [0.717, 1.165) is 28.8 Å². The fourth-order valence-electron chi connectivity index (χ4n) is 2.53. The van der Waals surface area contributed by atoms with Gasteiger partial charge in [-0.15, -0.1) is 0 Å². The van der Waals surface area contributed by atoms with Crippen LogP contribution in [0.3, 0.4) is 0 Å². The Morgan fingerprint density at radius 3 is 1.96 bits per heavy atom. The first-order valence-electron chi connectivity index (χ1n) is 8.21. The average Bonchev–Trinajstić information content (AvgIpc) is 2.70. The molecule has 136 valence electrons. The summed E-state index contributed by atoms with van der Waals surface area (Å²) in [5, 5.41) is 32.3. The Kier molecular flexibility index (Phi) is 5.08. The molecule has 0 fully saturated rings. The lowest BCUT2D eigenvalue weighted by molar-refractivity contribution is 0.0954. The molecule has 6 heteroatoms. The summed E-state index contributed by atoms with van der Waals surface area (Å²) >= 11 is 0. The van der Waals surface area contributed by atoms with Crippen LogP contribution in [0.25, 0.3) is 11.1 Å². The van der Waals surface area contributed by atoms with Crippen molar-refractivity contribution < 1.29 is 20.1 Å². The molecule has 0 atom stereocenters. The molecule has 0 unspecified atom stereocenters. The van der Waals surface area contributed by atoms with E-state index < -0.39 is 23.2 Å². The van der Waals surface area contributed by atoms with E-state index in [1.807, 2.05) is 54.6 Å². The highest BCUT2D eigenvalue weighted by Crippen LogP contribution is 2.35. The molecule has 0 aliphatic rings. The van der Waals surface area contributed by atoms with Crippen molar-refractivity contribution in [2.45, 2.75) is 6.92 Å². The van der Waals surface area contributed by atoms with E-state index in [1.165, 1.54) is 0 Å². The summed E-state index contributed by atoms with van der Waals surface area (Å²) in [5.41, 5.74) is 5.95. The highest BCUT2D eigenvalue weighted by Gasteiger charge is 2.13. The van der Waals surface area contributed by atoms with Crippen molar-refractivity contribution in [1.29, 1.82) is 0 Å². The summed E-state index contributed by atoms with van der Waals surface area (Å²) in [6, 6.07) is 19.8. The zero-order chi connectivity index (χ0) is 19.4. The molecule has 0 saturated carbocycles. The van der Waals surface area contributed by atoms with E-state index >= 15 is 0 Å². The molecule has 27 heavy (non-hydrogen) atoms. The third kappa shape index (κ3) is 4.07. The van der Waals surface area contributed by atoms with Crippen molar-refractivity contribution >= 4 is 11.6 Å². The molecule has 3 aromatic rings. The number of carbonyl (C=O) groups excluding carboxylic acids is 1. The number of benzene rings is 3. The van der Waals surface area contributed by atoms with Crippen LogP contribution in [0.1, 0.15) is 22.8 Å². The Hall–Kier alpha value is -3.80. The molecular formula is C21H18N2O4. The van der Waals surface area contributed by atoms with Crippen molar-refractivity contribution in [2.75, 3.05) is 0 Å². The van der Waals surface area contributed by atoms with Gasteiger partial charge in [-0.1, -0.05) is 54.6 Å². The van der Waals surface area contributed by atoms with Gasteiger partial charge in [0.15, 0.2) is 17.2 Å². The summed E-state index contributed by atoms with van der Waals surface area (Å²) in [7, 11) is 0. The molecule has 0 aliphatic carbocycles. The van der Waals surface area contributed by atoms with E-state index in [1.54, 1.807) is 6.92 Å². The monoisotopic (exact) mass is 362 g/mol. The van der Waals surface area contributed by atoms with E-state index in [9.17, 15) is 20.1 Å². The molecule has 0 radical (unpaired) electrons. The third-order valence-electron chi connectivity index (χ3n) is 4.07. The predicted molar refractivity (Wildman–Crippen MR) is 103 cm³/mol.